The Labute approximate surface area is 48.3 Å². The third kappa shape index (κ3) is 0.857. The van der Waals surface area contributed by atoms with Gasteiger partial charge in [-0.1, -0.05) is 6.92 Å². The van der Waals surface area contributed by atoms with E-state index in [0.29, 0.717) is 5.84 Å². The smallest absolute Gasteiger partial charge is 0.128 e. The van der Waals surface area contributed by atoms with E-state index in [2.05, 4.69) is 10.2 Å². The van der Waals surface area contributed by atoms with Crippen molar-refractivity contribution in [3.05, 3.63) is 0 Å². The second kappa shape index (κ2) is 1.94. The first-order valence-electron chi connectivity index (χ1n) is 2.70. The van der Waals surface area contributed by atoms with Gasteiger partial charge in [-0.3, -0.25) is 0 Å². The third-order valence-corrected chi connectivity index (χ3v) is 1.11. The zero-order chi connectivity index (χ0) is 5.98. The summed E-state index contributed by atoms with van der Waals surface area (Å²) in [5, 5.41) is 7.49. The van der Waals surface area contributed by atoms with Gasteiger partial charge in [0.05, 0.1) is 0 Å². The topological polar surface area (TPSA) is 50.7 Å². The van der Waals surface area contributed by atoms with Gasteiger partial charge in [0.2, 0.25) is 0 Å². The summed E-state index contributed by atoms with van der Waals surface area (Å²) in [6, 6.07) is 0. The number of amidine groups is 1. The molecule has 1 rings (SSSR count). The molecule has 0 amide bonds. The van der Waals surface area contributed by atoms with Crippen LogP contribution in [-0.4, -0.2) is 11.5 Å². The molecule has 0 radical (unpaired) electrons. The lowest BCUT2D eigenvalue weighted by atomic mass is 10.2. The number of rotatable bonds is 1. The van der Waals surface area contributed by atoms with Crippen molar-refractivity contribution in [3.8, 4) is 0 Å². The highest BCUT2D eigenvalue weighted by atomic mass is 15.3. The summed E-state index contributed by atoms with van der Waals surface area (Å²) in [7, 11) is 0. The second-order valence-electron chi connectivity index (χ2n) is 1.79. The molecule has 0 saturated carbocycles. The van der Waals surface area contributed by atoms with E-state index in [1.165, 1.54) is 0 Å². The molecule has 0 unspecified atom stereocenters. The van der Waals surface area contributed by atoms with Gasteiger partial charge < -0.3 is 5.73 Å². The molecule has 0 saturated heterocycles. The normalized spacial score (nSPS) is 18.1. The molecular formula is C5H9N3. The Bertz CT molecular complexity index is 146. The molecule has 1 heterocycles. The lowest BCUT2D eigenvalue weighted by Gasteiger charge is -1.87. The van der Waals surface area contributed by atoms with Crippen molar-refractivity contribution in [2.24, 2.45) is 15.9 Å². The molecule has 2 N–H and O–H groups in total. The third-order valence-electron chi connectivity index (χ3n) is 1.11. The van der Waals surface area contributed by atoms with Crippen LogP contribution in [0.25, 0.3) is 0 Å². The zero-order valence-corrected chi connectivity index (χ0v) is 4.89. The molecule has 0 aliphatic carbocycles. The maximum Gasteiger partial charge on any atom is 0.128 e. The Morgan fingerprint density at radius 2 is 2.38 bits per heavy atom. The van der Waals surface area contributed by atoms with Crippen molar-refractivity contribution in [2.75, 3.05) is 0 Å². The van der Waals surface area contributed by atoms with E-state index in [1.807, 2.05) is 6.92 Å². The summed E-state index contributed by atoms with van der Waals surface area (Å²) in [5.41, 5.74) is 6.42. The Kier molecular flexibility index (Phi) is 1.28. The van der Waals surface area contributed by atoms with E-state index >= 15 is 0 Å². The predicted molar refractivity (Wildman–Crippen MR) is 34.0 cm³/mol. The maximum absolute atomic E-state index is 5.34. The molecule has 1 aliphatic rings. The van der Waals surface area contributed by atoms with Gasteiger partial charge in [-0.2, -0.15) is 5.10 Å². The fourth-order valence-electron chi connectivity index (χ4n) is 0.610. The van der Waals surface area contributed by atoms with E-state index in [1.54, 1.807) is 0 Å². The number of hydrogen-bond acceptors (Lipinski definition) is 3. The SMILES string of the molecule is CCC1=NN=C(N)C1. The lowest BCUT2D eigenvalue weighted by Crippen LogP contribution is -2.10. The average Bonchev–Trinajstić information content (AvgIpc) is 2.14. The first kappa shape index (κ1) is 5.28. The summed E-state index contributed by atoms with van der Waals surface area (Å²) < 4.78 is 0. The molecule has 44 valence electrons. The van der Waals surface area contributed by atoms with E-state index < -0.39 is 0 Å². The second-order valence-corrected chi connectivity index (χ2v) is 1.79. The van der Waals surface area contributed by atoms with Crippen LogP contribution in [0.2, 0.25) is 0 Å². The molecular weight excluding hydrogens is 102 g/mol. The van der Waals surface area contributed by atoms with E-state index in [-0.39, 0.29) is 0 Å². The lowest BCUT2D eigenvalue weighted by molar-refractivity contribution is 1.19. The molecule has 0 fully saturated rings. The van der Waals surface area contributed by atoms with Crippen molar-refractivity contribution in [1.29, 1.82) is 0 Å². The molecule has 0 spiro atoms. The summed E-state index contributed by atoms with van der Waals surface area (Å²) in [4.78, 5) is 0. The average molecular weight is 111 g/mol. The van der Waals surface area contributed by atoms with E-state index in [4.69, 9.17) is 5.73 Å². The molecule has 0 atom stereocenters. The van der Waals surface area contributed by atoms with Gasteiger partial charge in [0.25, 0.3) is 0 Å². The summed E-state index contributed by atoms with van der Waals surface area (Å²) in [5.74, 6) is 0.641. The molecule has 0 aromatic heterocycles. The van der Waals surface area contributed by atoms with Crippen LogP contribution in [-0.2, 0) is 0 Å². The Morgan fingerprint density at radius 1 is 1.62 bits per heavy atom. The number of nitrogens with two attached hydrogens (primary N) is 1. The first-order valence-corrected chi connectivity index (χ1v) is 2.70. The minimum Gasteiger partial charge on any atom is -0.385 e. The minimum atomic E-state index is 0.641. The molecule has 3 heteroatoms. The van der Waals surface area contributed by atoms with Crippen LogP contribution in [0.15, 0.2) is 10.2 Å². The fourth-order valence-corrected chi connectivity index (χ4v) is 0.610. The molecule has 1 aliphatic heterocycles. The highest BCUT2D eigenvalue weighted by Crippen LogP contribution is 2.00. The Hall–Kier alpha value is -0.860. The monoisotopic (exact) mass is 111 g/mol. The van der Waals surface area contributed by atoms with Gasteiger partial charge in [-0.05, 0) is 6.42 Å². The van der Waals surface area contributed by atoms with Gasteiger partial charge >= 0.3 is 0 Å². The van der Waals surface area contributed by atoms with Crippen LogP contribution in [0.5, 0.6) is 0 Å². The predicted octanol–water partition coefficient (Wildman–Crippen LogP) is 0.513. The molecule has 3 nitrogen and oxygen atoms in total. The minimum absolute atomic E-state index is 0.641. The first-order chi connectivity index (χ1) is 3.83. The Balaban J connectivity index is 2.49. The molecule has 8 heavy (non-hydrogen) atoms. The van der Waals surface area contributed by atoms with Crippen molar-refractivity contribution in [3.63, 3.8) is 0 Å². The summed E-state index contributed by atoms with van der Waals surface area (Å²) in [6.45, 7) is 2.05. The maximum atomic E-state index is 5.34. The van der Waals surface area contributed by atoms with Gasteiger partial charge in [-0.25, -0.2) is 0 Å². The fraction of sp³-hybridized carbons (Fsp3) is 0.600. The number of hydrogen-bond donors (Lipinski definition) is 1. The van der Waals surface area contributed by atoms with E-state index in [0.717, 1.165) is 18.6 Å². The quantitative estimate of drug-likeness (QED) is 0.526. The van der Waals surface area contributed by atoms with Crippen molar-refractivity contribution >= 4 is 11.5 Å². The zero-order valence-electron chi connectivity index (χ0n) is 4.89. The van der Waals surface area contributed by atoms with Crippen molar-refractivity contribution in [2.45, 2.75) is 19.8 Å². The highest BCUT2D eigenvalue weighted by Gasteiger charge is 2.04. The van der Waals surface area contributed by atoms with Crippen LogP contribution < -0.4 is 5.73 Å². The largest absolute Gasteiger partial charge is 0.385 e. The summed E-state index contributed by atoms with van der Waals surface area (Å²) >= 11 is 0. The molecule has 0 aromatic carbocycles. The van der Waals surface area contributed by atoms with Crippen LogP contribution in [0.1, 0.15) is 19.8 Å². The summed E-state index contributed by atoms with van der Waals surface area (Å²) in [6.07, 6.45) is 1.74. The van der Waals surface area contributed by atoms with Crippen LogP contribution in [0.3, 0.4) is 0 Å². The van der Waals surface area contributed by atoms with Crippen molar-refractivity contribution < 1.29 is 0 Å². The van der Waals surface area contributed by atoms with Gasteiger partial charge in [0.15, 0.2) is 0 Å². The molecule has 0 bridgehead atoms. The van der Waals surface area contributed by atoms with Crippen molar-refractivity contribution in [1.82, 2.24) is 0 Å². The van der Waals surface area contributed by atoms with Crippen LogP contribution >= 0.6 is 0 Å². The highest BCUT2D eigenvalue weighted by molar-refractivity contribution is 6.05. The number of nitrogens with zero attached hydrogens (tertiary/aromatic N) is 2. The van der Waals surface area contributed by atoms with E-state index in [9.17, 15) is 0 Å². The van der Waals surface area contributed by atoms with Gasteiger partial charge in [0, 0.05) is 12.1 Å². The van der Waals surface area contributed by atoms with Gasteiger partial charge in [-0.15, -0.1) is 5.10 Å². The van der Waals surface area contributed by atoms with Gasteiger partial charge in [0.1, 0.15) is 5.84 Å². The Morgan fingerprint density at radius 3 is 2.62 bits per heavy atom. The molecule has 0 aromatic rings. The van der Waals surface area contributed by atoms with Crippen LogP contribution in [0, 0.1) is 0 Å². The van der Waals surface area contributed by atoms with Crippen LogP contribution in [0.4, 0.5) is 0 Å². The standard InChI is InChI=1S/C5H9N3/c1-2-4-3-5(6)8-7-4/h2-3H2,1H3,(H2,6,8).